The van der Waals surface area contributed by atoms with Crippen LogP contribution in [0.1, 0.15) is 16.5 Å². The Morgan fingerprint density at radius 1 is 1.20 bits per heavy atom. The van der Waals surface area contributed by atoms with Crippen LogP contribution in [0.15, 0.2) is 41.8 Å². The Morgan fingerprint density at radius 2 is 1.92 bits per heavy atom. The highest BCUT2D eigenvalue weighted by Crippen LogP contribution is 2.25. The number of morpholine rings is 1. The van der Waals surface area contributed by atoms with Crippen LogP contribution >= 0.6 is 11.3 Å². The van der Waals surface area contributed by atoms with E-state index in [0.717, 1.165) is 18.0 Å². The molecule has 1 atom stereocenters. The molecule has 0 bridgehead atoms. The molecule has 136 valence electrons. The van der Waals surface area contributed by atoms with E-state index in [1.54, 1.807) is 11.3 Å². The topological polar surface area (TPSA) is 58.6 Å². The van der Waals surface area contributed by atoms with Gasteiger partial charge in [0.25, 0.3) is 0 Å². The van der Waals surface area contributed by atoms with Gasteiger partial charge in [0.05, 0.1) is 25.0 Å². The average Bonchev–Trinajstić information content (AvgIpc) is 3.12. The first kappa shape index (κ1) is 18.5. The molecule has 25 heavy (non-hydrogen) atoms. The third kappa shape index (κ3) is 5.32. The summed E-state index contributed by atoms with van der Waals surface area (Å²) >= 11 is 1.62. The van der Waals surface area contributed by atoms with Gasteiger partial charge in [0.2, 0.25) is 10.0 Å². The molecule has 1 aromatic heterocycles. The summed E-state index contributed by atoms with van der Waals surface area (Å²) in [5.74, 6) is -0.535. The SMILES string of the molecule is O=S(=O)(Cc1ccc(F)cc1)NCC(c1cccs1)N1CCOCC1. The van der Waals surface area contributed by atoms with Crippen molar-refractivity contribution in [3.63, 3.8) is 0 Å². The first-order valence-electron chi connectivity index (χ1n) is 8.10. The maximum absolute atomic E-state index is 13.0. The number of rotatable bonds is 7. The molecule has 0 spiro atoms. The molecule has 1 aliphatic rings. The molecule has 2 aromatic rings. The molecule has 1 unspecified atom stereocenters. The van der Waals surface area contributed by atoms with Crippen molar-refractivity contribution in [3.8, 4) is 0 Å². The van der Waals surface area contributed by atoms with Crippen molar-refractivity contribution in [2.24, 2.45) is 0 Å². The predicted octanol–water partition coefficient (Wildman–Crippen LogP) is 2.38. The molecular formula is C17H21FN2O3S2. The highest BCUT2D eigenvalue weighted by molar-refractivity contribution is 7.88. The Morgan fingerprint density at radius 3 is 2.56 bits per heavy atom. The van der Waals surface area contributed by atoms with Gasteiger partial charge in [-0.05, 0) is 29.1 Å². The number of hydrogen-bond donors (Lipinski definition) is 1. The van der Waals surface area contributed by atoms with E-state index in [0.29, 0.717) is 25.3 Å². The summed E-state index contributed by atoms with van der Waals surface area (Å²) in [7, 11) is -3.50. The fraction of sp³-hybridized carbons (Fsp3) is 0.412. The molecule has 8 heteroatoms. The molecule has 1 fully saturated rings. The third-order valence-electron chi connectivity index (χ3n) is 4.12. The second-order valence-corrected chi connectivity index (χ2v) is 8.70. The quantitative estimate of drug-likeness (QED) is 0.796. The van der Waals surface area contributed by atoms with Crippen LogP contribution in [0.25, 0.3) is 0 Å². The zero-order valence-electron chi connectivity index (χ0n) is 13.7. The van der Waals surface area contributed by atoms with Crippen LogP contribution in [-0.2, 0) is 20.5 Å². The molecule has 1 saturated heterocycles. The number of ether oxygens (including phenoxy) is 1. The van der Waals surface area contributed by atoms with Crippen molar-refractivity contribution < 1.29 is 17.5 Å². The van der Waals surface area contributed by atoms with Crippen molar-refractivity contribution in [1.29, 1.82) is 0 Å². The summed E-state index contributed by atoms with van der Waals surface area (Å²) < 4.78 is 45.9. The van der Waals surface area contributed by atoms with Gasteiger partial charge in [-0.1, -0.05) is 18.2 Å². The van der Waals surface area contributed by atoms with Gasteiger partial charge in [-0.25, -0.2) is 17.5 Å². The second-order valence-electron chi connectivity index (χ2n) is 5.91. The summed E-state index contributed by atoms with van der Waals surface area (Å²) in [4.78, 5) is 3.38. The fourth-order valence-corrected chi connectivity index (χ4v) is 4.84. The van der Waals surface area contributed by atoms with E-state index < -0.39 is 10.0 Å². The highest BCUT2D eigenvalue weighted by atomic mass is 32.2. The molecule has 0 amide bonds. The Balaban J connectivity index is 1.66. The number of nitrogens with one attached hydrogen (secondary N) is 1. The molecule has 3 rings (SSSR count). The van der Waals surface area contributed by atoms with Crippen molar-refractivity contribution in [3.05, 3.63) is 58.0 Å². The highest BCUT2D eigenvalue weighted by Gasteiger charge is 2.25. The number of benzene rings is 1. The van der Waals surface area contributed by atoms with Crippen LogP contribution in [0.2, 0.25) is 0 Å². The summed E-state index contributed by atoms with van der Waals surface area (Å²) in [6.45, 7) is 3.18. The Kier molecular flexibility index (Phi) is 6.19. The first-order chi connectivity index (χ1) is 12.0. The molecule has 0 aliphatic carbocycles. The molecule has 1 aromatic carbocycles. The number of hydrogen-bond acceptors (Lipinski definition) is 5. The molecule has 1 N–H and O–H groups in total. The summed E-state index contributed by atoms with van der Waals surface area (Å²) in [5.41, 5.74) is 0.563. The minimum absolute atomic E-state index is 0.00751. The zero-order chi connectivity index (χ0) is 17.7. The van der Waals surface area contributed by atoms with Gasteiger partial charge in [0.1, 0.15) is 5.82 Å². The zero-order valence-corrected chi connectivity index (χ0v) is 15.4. The number of sulfonamides is 1. The van der Waals surface area contributed by atoms with Crippen LogP contribution in [0.3, 0.4) is 0 Å². The maximum Gasteiger partial charge on any atom is 0.215 e. The van der Waals surface area contributed by atoms with Gasteiger partial charge >= 0.3 is 0 Å². The summed E-state index contributed by atoms with van der Waals surface area (Å²) in [6.07, 6.45) is 0. The lowest BCUT2D eigenvalue weighted by Crippen LogP contribution is -2.43. The minimum atomic E-state index is -3.50. The smallest absolute Gasteiger partial charge is 0.215 e. The molecule has 5 nitrogen and oxygen atoms in total. The van der Waals surface area contributed by atoms with Crippen LogP contribution in [0.4, 0.5) is 4.39 Å². The minimum Gasteiger partial charge on any atom is -0.379 e. The largest absolute Gasteiger partial charge is 0.379 e. The van der Waals surface area contributed by atoms with E-state index in [4.69, 9.17) is 4.74 Å². The van der Waals surface area contributed by atoms with Crippen LogP contribution in [0.5, 0.6) is 0 Å². The van der Waals surface area contributed by atoms with E-state index in [1.807, 2.05) is 17.5 Å². The lowest BCUT2D eigenvalue weighted by molar-refractivity contribution is 0.0179. The Bertz CT molecular complexity index is 758. The normalized spacial score (nSPS) is 17.5. The van der Waals surface area contributed by atoms with Gasteiger partial charge in [-0.2, -0.15) is 0 Å². The van der Waals surface area contributed by atoms with Crippen molar-refractivity contribution >= 4 is 21.4 Å². The summed E-state index contributed by atoms with van der Waals surface area (Å²) in [5, 5.41) is 2.00. The van der Waals surface area contributed by atoms with Gasteiger partial charge in [0.15, 0.2) is 0 Å². The molecule has 1 aliphatic heterocycles. The fourth-order valence-electron chi connectivity index (χ4n) is 2.84. The third-order valence-corrected chi connectivity index (χ3v) is 6.42. The van der Waals surface area contributed by atoms with Crippen LogP contribution < -0.4 is 4.72 Å². The van der Waals surface area contributed by atoms with E-state index >= 15 is 0 Å². The van der Waals surface area contributed by atoms with Crippen LogP contribution in [0, 0.1) is 5.82 Å². The van der Waals surface area contributed by atoms with E-state index in [2.05, 4.69) is 9.62 Å². The van der Waals surface area contributed by atoms with Gasteiger partial charge < -0.3 is 4.74 Å². The van der Waals surface area contributed by atoms with E-state index in [1.165, 1.54) is 24.3 Å². The summed E-state index contributed by atoms with van der Waals surface area (Å²) in [6, 6.07) is 9.52. The van der Waals surface area contributed by atoms with Gasteiger partial charge in [-0.3, -0.25) is 4.90 Å². The monoisotopic (exact) mass is 384 g/mol. The number of thiophene rings is 1. The number of nitrogens with zero attached hydrogens (tertiary/aromatic N) is 1. The Labute approximate surface area is 151 Å². The van der Waals surface area contributed by atoms with Crippen LogP contribution in [-0.4, -0.2) is 46.2 Å². The first-order valence-corrected chi connectivity index (χ1v) is 10.6. The molecule has 0 radical (unpaired) electrons. The van der Waals surface area contributed by atoms with Crippen molar-refractivity contribution in [2.75, 3.05) is 32.8 Å². The van der Waals surface area contributed by atoms with Crippen molar-refractivity contribution in [1.82, 2.24) is 9.62 Å². The number of halogens is 1. The van der Waals surface area contributed by atoms with E-state index in [9.17, 15) is 12.8 Å². The predicted molar refractivity (Wildman–Crippen MR) is 96.5 cm³/mol. The molecule has 0 saturated carbocycles. The average molecular weight is 384 g/mol. The lowest BCUT2D eigenvalue weighted by Gasteiger charge is -2.34. The van der Waals surface area contributed by atoms with Crippen molar-refractivity contribution in [2.45, 2.75) is 11.8 Å². The Hall–Kier alpha value is -1.32. The second kappa shape index (κ2) is 8.37. The standard InChI is InChI=1S/C17H21FN2O3S2/c18-15-5-3-14(4-6-15)13-25(21,22)19-12-16(17-2-1-11-24-17)20-7-9-23-10-8-20/h1-6,11,16,19H,7-10,12-13H2. The lowest BCUT2D eigenvalue weighted by atomic mass is 10.2. The van der Waals surface area contributed by atoms with E-state index in [-0.39, 0.29) is 17.6 Å². The van der Waals surface area contributed by atoms with Gasteiger partial charge in [-0.15, -0.1) is 11.3 Å². The molecule has 2 heterocycles. The van der Waals surface area contributed by atoms with Gasteiger partial charge in [0, 0.05) is 24.5 Å². The molecular weight excluding hydrogens is 363 g/mol. The maximum atomic E-state index is 13.0.